The smallest absolute Gasteiger partial charge is 0.253 e. The summed E-state index contributed by atoms with van der Waals surface area (Å²) in [6.07, 6.45) is 0.699. The number of aryl methyl sites for hydroxylation is 3. The van der Waals surface area contributed by atoms with Gasteiger partial charge in [-0.25, -0.2) is 8.78 Å². The summed E-state index contributed by atoms with van der Waals surface area (Å²) in [6, 6.07) is 12.3. The number of benzene rings is 3. The summed E-state index contributed by atoms with van der Waals surface area (Å²) in [6.45, 7) is 30.7. The lowest BCUT2D eigenvalue weighted by atomic mass is 10.0. The van der Waals surface area contributed by atoms with E-state index in [4.69, 9.17) is 0 Å². The van der Waals surface area contributed by atoms with Crippen LogP contribution in [-0.4, -0.2) is 11.9 Å². The summed E-state index contributed by atoms with van der Waals surface area (Å²) in [7, 11) is 0. The summed E-state index contributed by atoms with van der Waals surface area (Å²) >= 11 is 0. The van der Waals surface area contributed by atoms with Gasteiger partial charge >= 0.3 is 0 Å². The molecule has 0 aromatic heterocycles. The average molecular weight is 592 g/mol. The molecule has 0 aliphatic heterocycles. The molecule has 1 atom stereocenters. The van der Waals surface area contributed by atoms with Gasteiger partial charge in [0.1, 0.15) is 17.5 Å². The van der Waals surface area contributed by atoms with Crippen LogP contribution in [0, 0.1) is 37.8 Å². The number of anilines is 2. The van der Waals surface area contributed by atoms with E-state index in [1.54, 1.807) is 18.2 Å². The third-order valence-electron chi connectivity index (χ3n) is 6.01. The van der Waals surface area contributed by atoms with Crippen LogP contribution in [0.1, 0.15) is 88.9 Å². The molecule has 6 heteroatoms. The zero-order valence-electron chi connectivity index (χ0n) is 28.0. The Kier molecular flexibility index (Phi) is 14.4. The standard InChI is InChI=1S/C30H33F2N3O.C5H12.C2H6/c1-8-27(17(2)3)35-30(36)26-10-9-22(23-13-24(31)16-25(32)14-23)15-28(26)33-21(7)34-29-19(5)11-18(4)12-20(29)6;1-5(2,3)4;1-2/h9-16,27,33-34H,2,7-8H2,1,3-6H3,(H,35,36);1-4H3;1-2H3. The van der Waals surface area contributed by atoms with Crippen LogP contribution in [0.3, 0.4) is 0 Å². The first-order valence-electron chi connectivity index (χ1n) is 14.9. The first-order valence-corrected chi connectivity index (χ1v) is 14.9. The maximum absolute atomic E-state index is 13.9. The van der Waals surface area contributed by atoms with Gasteiger partial charge in [0, 0.05) is 17.8 Å². The molecule has 234 valence electrons. The lowest BCUT2D eigenvalue weighted by molar-refractivity contribution is 0.0942. The molecule has 0 radical (unpaired) electrons. The quantitative estimate of drug-likeness (QED) is 0.217. The largest absolute Gasteiger partial charge is 0.346 e. The summed E-state index contributed by atoms with van der Waals surface area (Å²) in [4.78, 5) is 13.2. The number of nitrogens with one attached hydrogen (secondary N) is 3. The zero-order chi connectivity index (χ0) is 33.1. The highest BCUT2D eigenvalue weighted by molar-refractivity contribution is 6.01. The Labute approximate surface area is 258 Å². The molecule has 3 rings (SSSR count). The van der Waals surface area contributed by atoms with Crippen molar-refractivity contribution in [1.82, 2.24) is 5.32 Å². The molecule has 43 heavy (non-hydrogen) atoms. The van der Waals surface area contributed by atoms with E-state index in [-0.39, 0.29) is 11.9 Å². The molecule has 1 amide bonds. The van der Waals surface area contributed by atoms with Crippen molar-refractivity contribution in [2.24, 2.45) is 5.41 Å². The predicted octanol–water partition coefficient (Wildman–Crippen LogP) is 10.7. The maximum Gasteiger partial charge on any atom is 0.253 e. The molecule has 0 aliphatic carbocycles. The minimum atomic E-state index is -0.676. The molecular formula is C37H51F2N3O. The van der Waals surface area contributed by atoms with Crippen LogP contribution >= 0.6 is 0 Å². The Morgan fingerprint density at radius 2 is 1.35 bits per heavy atom. The van der Waals surface area contributed by atoms with Gasteiger partial charge in [-0.1, -0.05) is 91.0 Å². The highest BCUT2D eigenvalue weighted by Gasteiger charge is 2.18. The Morgan fingerprint density at radius 1 is 0.837 bits per heavy atom. The summed E-state index contributed by atoms with van der Waals surface area (Å²) in [5.74, 6) is -1.19. The second-order valence-electron chi connectivity index (χ2n) is 12.2. The number of rotatable bonds is 9. The fourth-order valence-electron chi connectivity index (χ4n) is 4.28. The molecule has 0 bridgehead atoms. The molecule has 3 aromatic carbocycles. The van der Waals surface area contributed by atoms with Gasteiger partial charge in [0.15, 0.2) is 0 Å². The van der Waals surface area contributed by atoms with Crippen molar-refractivity contribution in [3.05, 3.63) is 107 Å². The van der Waals surface area contributed by atoms with E-state index in [1.807, 2.05) is 48.5 Å². The first-order chi connectivity index (χ1) is 20.0. The van der Waals surface area contributed by atoms with Gasteiger partial charge in [-0.15, -0.1) is 0 Å². The Bertz CT molecular complexity index is 1370. The molecule has 0 fully saturated rings. The van der Waals surface area contributed by atoms with E-state index in [0.717, 1.165) is 34.0 Å². The number of hydrogen-bond acceptors (Lipinski definition) is 3. The maximum atomic E-state index is 13.9. The van der Waals surface area contributed by atoms with E-state index < -0.39 is 11.6 Å². The second-order valence-corrected chi connectivity index (χ2v) is 12.2. The van der Waals surface area contributed by atoms with Gasteiger partial charge in [0.05, 0.1) is 11.3 Å². The third kappa shape index (κ3) is 12.5. The van der Waals surface area contributed by atoms with Gasteiger partial charge in [-0.3, -0.25) is 4.79 Å². The number of carbonyl (C=O) groups is 1. The molecule has 0 saturated carbocycles. The molecular weight excluding hydrogens is 540 g/mol. The van der Waals surface area contributed by atoms with E-state index in [2.05, 4.69) is 68.9 Å². The molecule has 0 heterocycles. The normalized spacial score (nSPS) is 11.2. The average Bonchev–Trinajstić information content (AvgIpc) is 2.88. The van der Waals surface area contributed by atoms with Gasteiger partial charge < -0.3 is 16.0 Å². The van der Waals surface area contributed by atoms with E-state index >= 15 is 0 Å². The van der Waals surface area contributed by atoms with Crippen molar-refractivity contribution in [3.63, 3.8) is 0 Å². The fraction of sp³-hybridized carbons (Fsp3) is 0.378. The van der Waals surface area contributed by atoms with Crippen LogP contribution in [0.25, 0.3) is 11.1 Å². The first kappa shape index (κ1) is 37.1. The minimum absolute atomic E-state index is 0.179. The predicted molar refractivity (Wildman–Crippen MR) is 182 cm³/mol. The Morgan fingerprint density at radius 3 is 1.81 bits per heavy atom. The van der Waals surface area contributed by atoms with Gasteiger partial charge in [-0.2, -0.15) is 0 Å². The summed E-state index contributed by atoms with van der Waals surface area (Å²) in [5, 5.41) is 9.49. The van der Waals surface area contributed by atoms with Crippen molar-refractivity contribution >= 4 is 17.3 Å². The Hall–Kier alpha value is -3.93. The monoisotopic (exact) mass is 591 g/mol. The van der Waals surface area contributed by atoms with E-state index in [1.165, 1.54) is 12.1 Å². The molecule has 0 saturated heterocycles. The van der Waals surface area contributed by atoms with Crippen LogP contribution in [0.15, 0.2) is 73.1 Å². The van der Waals surface area contributed by atoms with Crippen LogP contribution in [0.5, 0.6) is 0 Å². The van der Waals surface area contributed by atoms with Gasteiger partial charge in [-0.05, 0) is 86.1 Å². The van der Waals surface area contributed by atoms with Crippen molar-refractivity contribution in [1.29, 1.82) is 0 Å². The van der Waals surface area contributed by atoms with Gasteiger partial charge in [0.2, 0.25) is 0 Å². The third-order valence-corrected chi connectivity index (χ3v) is 6.01. The van der Waals surface area contributed by atoms with Crippen LogP contribution < -0.4 is 16.0 Å². The second kappa shape index (κ2) is 16.6. The molecule has 0 aliphatic rings. The molecule has 1 unspecified atom stereocenters. The number of halogens is 2. The summed E-state index contributed by atoms with van der Waals surface area (Å²) < 4.78 is 27.8. The molecule has 3 aromatic rings. The van der Waals surface area contributed by atoms with Crippen LogP contribution in [-0.2, 0) is 0 Å². The highest BCUT2D eigenvalue weighted by Crippen LogP contribution is 2.29. The molecule has 0 spiro atoms. The SMILES string of the molecule is C=C(Nc1cc(-c2cc(F)cc(F)c2)ccc1C(=O)NC(CC)C(=C)C)Nc1c(C)cc(C)cc1C.CC.CC(C)(C)C. The molecule has 3 N–H and O–H groups in total. The fourth-order valence-corrected chi connectivity index (χ4v) is 4.28. The van der Waals surface area contributed by atoms with E-state index in [0.29, 0.717) is 40.0 Å². The van der Waals surface area contributed by atoms with E-state index in [9.17, 15) is 13.6 Å². The van der Waals surface area contributed by atoms with Crippen molar-refractivity contribution < 1.29 is 13.6 Å². The van der Waals surface area contributed by atoms with Crippen molar-refractivity contribution in [2.75, 3.05) is 10.6 Å². The number of carbonyl (C=O) groups excluding carboxylic acids is 1. The number of hydrogen-bond donors (Lipinski definition) is 3. The van der Waals surface area contributed by atoms with Gasteiger partial charge in [0.25, 0.3) is 5.91 Å². The van der Waals surface area contributed by atoms with Crippen LogP contribution in [0.4, 0.5) is 20.2 Å². The van der Waals surface area contributed by atoms with Crippen LogP contribution in [0.2, 0.25) is 0 Å². The summed E-state index contributed by atoms with van der Waals surface area (Å²) in [5.41, 5.74) is 7.28. The topological polar surface area (TPSA) is 53.2 Å². The van der Waals surface area contributed by atoms with Crippen molar-refractivity contribution in [2.45, 2.75) is 88.6 Å². The molecule has 4 nitrogen and oxygen atoms in total. The zero-order valence-corrected chi connectivity index (χ0v) is 28.0. The van der Waals surface area contributed by atoms with Crippen molar-refractivity contribution in [3.8, 4) is 11.1 Å². The highest BCUT2D eigenvalue weighted by atomic mass is 19.1. The number of amides is 1. The lowest BCUT2D eigenvalue weighted by Crippen LogP contribution is -2.35. The lowest BCUT2D eigenvalue weighted by Gasteiger charge is -2.21. The minimum Gasteiger partial charge on any atom is -0.346 e. The Balaban J connectivity index is 0.00000120.